The number of aliphatic hydroxyl groups excluding tert-OH is 1. The first-order chi connectivity index (χ1) is 10.3. The summed E-state index contributed by atoms with van der Waals surface area (Å²) in [5.41, 5.74) is 0. The third kappa shape index (κ3) is 6.97. The maximum absolute atomic E-state index is 11.5. The number of hydrogen-bond acceptors (Lipinski definition) is 9. The molecule has 0 spiro atoms. The van der Waals surface area contributed by atoms with Gasteiger partial charge in [-0.05, 0) is 6.92 Å². The van der Waals surface area contributed by atoms with Crippen LogP contribution in [0.4, 0.5) is 0 Å². The second-order valence-electron chi connectivity index (χ2n) is 4.46. The molecule has 0 bridgehead atoms. The van der Waals surface area contributed by atoms with Crippen molar-refractivity contribution in [2.24, 2.45) is 0 Å². The molecule has 1 rings (SSSR count). The van der Waals surface area contributed by atoms with Crippen LogP contribution in [0.3, 0.4) is 0 Å². The minimum absolute atomic E-state index is 0.658. The third-order valence-corrected chi connectivity index (χ3v) is 6.47. The lowest BCUT2D eigenvalue weighted by atomic mass is 10.1. The molecule has 0 aromatic carbocycles. The molecule has 5 N–H and O–H groups in total. The highest BCUT2D eigenvalue weighted by Crippen LogP contribution is 2.66. The van der Waals surface area contributed by atoms with Crippen molar-refractivity contribution in [2.75, 3.05) is 13.7 Å². The van der Waals surface area contributed by atoms with Crippen LogP contribution in [0.15, 0.2) is 0 Å². The maximum atomic E-state index is 11.5. The molecule has 23 heavy (non-hydrogen) atoms. The van der Waals surface area contributed by atoms with Gasteiger partial charge < -0.3 is 34.2 Å². The zero-order valence-corrected chi connectivity index (χ0v) is 14.5. The summed E-state index contributed by atoms with van der Waals surface area (Å²) in [6, 6.07) is 0. The quantitative estimate of drug-likeness (QED) is 0.326. The highest BCUT2D eigenvalue weighted by Gasteiger charge is 2.45. The van der Waals surface area contributed by atoms with Gasteiger partial charge in [0.15, 0.2) is 0 Å². The van der Waals surface area contributed by atoms with E-state index >= 15 is 0 Å². The van der Waals surface area contributed by atoms with Gasteiger partial charge in [-0.25, -0.2) is 13.7 Å². The van der Waals surface area contributed by atoms with Crippen LogP contribution < -0.4 is 0 Å². The SMILES string of the molecule is CO[C@@H]1C(O)[C@H](C)O[C@@H]1COP(=O)(O)OP(=O)(O)OP(=O)(O)O. The number of phosphoric acid groups is 3. The molecule has 1 heterocycles. The van der Waals surface area contributed by atoms with Gasteiger partial charge in [0.2, 0.25) is 0 Å². The number of methoxy groups -OCH3 is 1. The molecule has 0 aromatic heterocycles. The molecule has 16 heteroatoms. The zero-order valence-electron chi connectivity index (χ0n) is 11.9. The lowest BCUT2D eigenvalue weighted by Crippen LogP contribution is -2.35. The van der Waals surface area contributed by atoms with E-state index in [-0.39, 0.29) is 0 Å². The molecule has 3 unspecified atom stereocenters. The highest BCUT2D eigenvalue weighted by molar-refractivity contribution is 7.66. The molecule has 1 aliphatic rings. The fourth-order valence-electron chi connectivity index (χ4n) is 1.82. The van der Waals surface area contributed by atoms with Crippen LogP contribution in [-0.4, -0.2) is 62.8 Å². The Balaban J connectivity index is 2.64. The monoisotopic (exact) mass is 402 g/mol. The summed E-state index contributed by atoms with van der Waals surface area (Å²) >= 11 is 0. The lowest BCUT2D eigenvalue weighted by molar-refractivity contribution is -0.0336. The van der Waals surface area contributed by atoms with Crippen LogP contribution in [0.2, 0.25) is 0 Å². The molecule has 0 aliphatic carbocycles. The summed E-state index contributed by atoms with van der Waals surface area (Å²) in [5.74, 6) is 0. The summed E-state index contributed by atoms with van der Waals surface area (Å²) in [6.45, 7) is 0.838. The van der Waals surface area contributed by atoms with Crippen LogP contribution >= 0.6 is 23.5 Å². The van der Waals surface area contributed by atoms with Crippen molar-refractivity contribution < 1.29 is 61.0 Å². The average molecular weight is 402 g/mol. The van der Waals surface area contributed by atoms with E-state index in [1.807, 2.05) is 0 Å². The molecule has 138 valence electrons. The molecular formula is C7H17O13P3. The number of phosphoric ester groups is 1. The zero-order chi connectivity index (χ0) is 18.1. The summed E-state index contributed by atoms with van der Waals surface area (Å²) in [4.78, 5) is 35.0. The minimum atomic E-state index is -5.57. The van der Waals surface area contributed by atoms with E-state index in [9.17, 15) is 23.7 Å². The molecule has 1 fully saturated rings. The molecule has 0 saturated carbocycles. The number of aliphatic hydroxyl groups is 1. The Hall–Kier alpha value is 0.290. The van der Waals surface area contributed by atoms with E-state index in [0.717, 1.165) is 0 Å². The van der Waals surface area contributed by atoms with E-state index < -0.39 is 54.5 Å². The van der Waals surface area contributed by atoms with Crippen molar-refractivity contribution in [3.8, 4) is 0 Å². The Morgan fingerprint density at radius 1 is 1.04 bits per heavy atom. The predicted octanol–water partition coefficient (Wildman–Crippen LogP) is -0.507. The van der Waals surface area contributed by atoms with Crippen LogP contribution in [0.25, 0.3) is 0 Å². The molecule has 6 atom stereocenters. The van der Waals surface area contributed by atoms with Crippen LogP contribution in [-0.2, 0) is 36.3 Å². The van der Waals surface area contributed by atoms with Gasteiger partial charge in [-0.3, -0.25) is 4.52 Å². The maximum Gasteiger partial charge on any atom is 0.490 e. The van der Waals surface area contributed by atoms with Crippen molar-refractivity contribution in [3.63, 3.8) is 0 Å². The van der Waals surface area contributed by atoms with Crippen molar-refractivity contribution >= 4 is 23.5 Å². The van der Waals surface area contributed by atoms with Crippen LogP contribution in [0.1, 0.15) is 6.92 Å². The molecular weight excluding hydrogens is 385 g/mol. The van der Waals surface area contributed by atoms with Crippen molar-refractivity contribution in [1.29, 1.82) is 0 Å². The number of ether oxygens (including phenoxy) is 2. The van der Waals surface area contributed by atoms with Crippen molar-refractivity contribution in [3.05, 3.63) is 0 Å². The topological polar surface area (TPSA) is 199 Å². The van der Waals surface area contributed by atoms with Gasteiger partial charge in [0.1, 0.15) is 18.3 Å². The predicted molar refractivity (Wildman–Crippen MR) is 71.0 cm³/mol. The van der Waals surface area contributed by atoms with Gasteiger partial charge in [0, 0.05) is 7.11 Å². The Morgan fingerprint density at radius 2 is 1.61 bits per heavy atom. The smallest absolute Gasteiger partial charge is 0.388 e. The molecule has 1 saturated heterocycles. The highest BCUT2D eigenvalue weighted by atomic mass is 31.3. The largest absolute Gasteiger partial charge is 0.490 e. The second-order valence-corrected chi connectivity index (χ2v) is 8.88. The first-order valence-corrected chi connectivity index (χ1v) is 10.4. The Labute approximate surface area is 130 Å². The van der Waals surface area contributed by atoms with Gasteiger partial charge in [-0.15, -0.1) is 0 Å². The van der Waals surface area contributed by atoms with E-state index in [1.165, 1.54) is 14.0 Å². The molecule has 1 aliphatic heterocycles. The third-order valence-electron chi connectivity index (χ3n) is 2.66. The first-order valence-electron chi connectivity index (χ1n) is 5.91. The molecule has 0 amide bonds. The van der Waals surface area contributed by atoms with E-state index in [1.54, 1.807) is 0 Å². The Bertz CT molecular complexity index is 544. The average Bonchev–Trinajstić information content (AvgIpc) is 2.57. The van der Waals surface area contributed by atoms with Gasteiger partial charge in [-0.2, -0.15) is 8.62 Å². The van der Waals surface area contributed by atoms with Crippen molar-refractivity contribution in [1.82, 2.24) is 0 Å². The molecule has 13 nitrogen and oxygen atoms in total. The van der Waals surface area contributed by atoms with Crippen molar-refractivity contribution in [2.45, 2.75) is 31.3 Å². The summed E-state index contributed by atoms with van der Waals surface area (Å²) in [7, 11) is -15.0. The van der Waals surface area contributed by atoms with E-state index in [4.69, 9.17) is 24.2 Å². The first kappa shape index (κ1) is 21.3. The van der Waals surface area contributed by atoms with Crippen LogP contribution in [0, 0.1) is 0 Å². The standard InChI is InChI=1S/C7H17O13P3/c1-4-6(8)7(16-2)5(18-4)3-17-22(12,13)20-23(14,15)19-21(9,10)11/h4-8H,3H2,1-2H3,(H,12,13)(H,14,15)(H2,9,10,11)/t4-,5+,6?,7-/m0/s1. The van der Waals surface area contributed by atoms with Gasteiger partial charge in [0.25, 0.3) is 0 Å². The Morgan fingerprint density at radius 3 is 2.09 bits per heavy atom. The van der Waals surface area contributed by atoms with Gasteiger partial charge >= 0.3 is 23.5 Å². The molecule has 0 radical (unpaired) electrons. The minimum Gasteiger partial charge on any atom is -0.388 e. The second kappa shape index (κ2) is 7.67. The van der Waals surface area contributed by atoms with E-state index in [2.05, 4.69) is 13.1 Å². The summed E-state index contributed by atoms with van der Waals surface area (Å²) in [6.07, 6.45) is -3.57. The van der Waals surface area contributed by atoms with E-state index in [0.29, 0.717) is 0 Å². The Kier molecular flexibility index (Phi) is 7.12. The molecule has 0 aromatic rings. The summed E-state index contributed by atoms with van der Waals surface area (Å²) in [5, 5.41) is 9.71. The normalized spacial score (nSPS) is 34.0. The summed E-state index contributed by atoms with van der Waals surface area (Å²) < 4.78 is 54.7. The lowest BCUT2D eigenvalue weighted by Gasteiger charge is -2.20. The van der Waals surface area contributed by atoms with Gasteiger partial charge in [0.05, 0.1) is 12.7 Å². The fraction of sp³-hybridized carbons (Fsp3) is 1.00. The fourth-order valence-corrected chi connectivity index (χ4v) is 4.85. The number of hydrogen-bond donors (Lipinski definition) is 5. The number of rotatable bonds is 8. The van der Waals surface area contributed by atoms with Gasteiger partial charge in [-0.1, -0.05) is 0 Å². The van der Waals surface area contributed by atoms with Crippen LogP contribution in [0.5, 0.6) is 0 Å².